The average molecular weight is 258 g/mol. The molecule has 0 saturated carbocycles. The molecule has 0 amide bonds. The van der Waals surface area contributed by atoms with Crippen molar-refractivity contribution in [3.8, 4) is 0 Å². The summed E-state index contributed by atoms with van der Waals surface area (Å²) >= 11 is 5.95. The van der Waals surface area contributed by atoms with Crippen LogP contribution in [0.4, 0.5) is 5.82 Å². The molecule has 1 aromatic rings. The van der Waals surface area contributed by atoms with E-state index in [2.05, 4.69) is 9.97 Å². The molecule has 1 N–H and O–H groups in total. The van der Waals surface area contributed by atoms with Crippen LogP contribution in [0.15, 0.2) is 6.33 Å². The summed E-state index contributed by atoms with van der Waals surface area (Å²) in [6.45, 7) is 2.63. The summed E-state index contributed by atoms with van der Waals surface area (Å²) in [4.78, 5) is 10.1. The maximum absolute atomic E-state index is 9.33. The largest absolute Gasteiger partial charge is 0.391 e. The lowest BCUT2D eigenvalue weighted by Gasteiger charge is -2.29. The van der Waals surface area contributed by atoms with Gasteiger partial charge in [-0.1, -0.05) is 11.6 Å². The molecule has 0 aliphatic carbocycles. The van der Waals surface area contributed by atoms with Crippen molar-refractivity contribution in [1.82, 2.24) is 9.97 Å². The van der Waals surface area contributed by atoms with Gasteiger partial charge in [0.2, 0.25) is 0 Å². The van der Waals surface area contributed by atoms with Crippen molar-refractivity contribution in [2.75, 3.05) is 18.6 Å². The van der Waals surface area contributed by atoms with E-state index in [0.717, 1.165) is 13.0 Å². The second kappa shape index (κ2) is 5.16. The highest BCUT2D eigenvalue weighted by molar-refractivity contribution is 6.30. The Hall–Kier alpha value is -0.910. The van der Waals surface area contributed by atoms with Crippen LogP contribution in [0.1, 0.15) is 18.9 Å². The summed E-state index contributed by atoms with van der Waals surface area (Å²) in [5.41, 5.74) is 0.566. The second-order valence-corrected chi connectivity index (χ2v) is 4.53. The Morgan fingerprint density at radius 3 is 2.94 bits per heavy atom. The third-order valence-corrected chi connectivity index (χ3v) is 3.52. The maximum atomic E-state index is 9.33. The van der Waals surface area contributed by atoms with Crippen LogP contribution < -0.4 is 4.90 Å². The highest BCUT2D eigenvalue weighted by Gasteiger charge is 2.30. The summed E-state index contributed by atoms with van der Waals surface area (Å²) in [5, 5.41) is 9.64. The lowest BCUT2D eigenvalue weighted by atomic mass is 10.1. The van der Waals surface area contributed by atoms with Gasteiger partial charge in [-0.3, -0.25) is 0 Å². The number of ether oxygens (including phenoxy) is 1. The molecule has 2 unspecified atom stereocenters. The smallest absolute Gasteiger partial charge is 0.140 e. The van der Waals surface area contributed by atoms with Crippen molar-refractivity contribution >= 4 is 17.4 Å². The van der Waals surface area contributed by atoms with Gasteiger partial charge in [0.15, 0.2) is 0 Å². The standard InChI is InChI=1S/C11H16ClN3O2/c1-7-9(3-4-17-7)15(2)11-8(5-16)10(12)13-6-14-11/h6-7,9,16H,3-5H2,1-2H3. The third-order valence-electron chi connectivity index (χ3n) is 3.20. The highest BCUT2D eigenvalue weighted by Crippen LogP contribution is 2.28. The van der Waals surface area contributed by atoms with Crippen LogP contribution in [0, 0.1) is 0 Å². The number of nitrogens with zero attached hydrogens (tertiary/aromatic N) is 3. The number of hydrogen-bond donors (Lipinski definition) is 1. The normalized spacial score (nSPS) is 24.0. The molecular formula is C11H16ClN3O2. The number of halogens is 1. The van der Waals surface area contributed by atoms with Crippen LogP contribution in [0.2, 0.25) is 5.15 Å². The van der Waals surface area contributed by atoms with Gasteiger partial charge in [-0.2, -0.15) is 0 Å². The number of aliphatic hydroxyl groups is 1. The first-order valence-electron chi connectivity index (χ1n) is 5.59. The van der Waals surface area contributed by atoms with Crippen molar-refractivity contribution in [3.05, 3.63) is 17.0 Å². The van der Waals surface area contributed by atoms with Crippen molar-refractivity contribution in [2.24, 2.45) is 0 Å². The van der Waals surface area contributed by atoms with E-state index in [1.807, 2.05) is 18.9 Å². The van der Waals surface area contributed by atoms with Crippen LogP contribution in [0.25, 0.3) is 0 Å². The van der Waals surface area contributed by atoms with Gasteiger partial charge in [-0.25, -0.2) is 9.97 Å². The molecule has 0 radical (unpaired) electrons. The summed E-state index contributed by atoms with van der Waals surface area (Å²) in [6.07, 6.45) is 2.51. The van der Waals surface area contributed by atoms with Crippen LogP contribution in [-0.2, 0) is 11.3 Å². The zero-order valence-electron chi connectivity index (χ0n) is 9.93. The molecule has 1 saturated heterocycles. The Balaban J connectivity index is 2.30. The van der Waals surface area contributed by atoms with Crippen molar-refractivity contribution in [1.29, 1.82) is 0 Å². The van der Waals surface area contributed by atoms with E-state index in [0.29, 0.717) is 16.5 Å². The first kappa shape index (κ1) is 12.5. The van der Waals surface area contributed by atoms with E-state index in [9.17, 15) is 5.11 Å². The van der Waals surface area contributed by atoms with E-state index >= 15 is 0 Å². The molecule has 1 aromatic heterocycles. The fraction of sp³-hybridized carbons (Fsp3) is 0.636. The summed E-state index contributed by atoms with van der Waals surface area (Å²) in [5.74, 6) is 0.676. The number of aromatic nitrogens is 2. The van der Waals surface area contributed by atoms with Crippen molar-refractivity contribution in [3.63, 3.8) is 0 Å². The minimum atomic E-state index is -0.165. The monoisotopic (exact) mass is 257 g/mol. The van der Waals surface area contributed by atoms with Crippen LogP contribution >= 0.6 is 11.6 Å². The molecule has 94 valence electrons. The molecule has 1 aliphatic heterocycles. The molecule has 6 heteroatoms. The Morgan fingerprint density at radius 1 is 1.59 bits per heavy atom. The Bertz CT molecular complexity index is 402. The van der Waals surface area contributed by atoms with Crippen LogP contribution in [0.3, 0.4) is 0 Å². The molecular weight excluding hydrogens is 242 g/mol. The molecule has 1 fully saturated rings. The van der Waals surface area contributed by atoms with Gasteiger partial charge in [-0.05, 0) is 13.3 Å². The second-order valence-electron chi connectivity index (χ2n) is 4.17. The number of likely N-dealkylation sites (N-methyl/N-ethyl adjacent to an activating group) is 1. The molecule has 0 aromatic carbocycles. The zero-order chi connectivity index (χ0) is 12.4. The Morgan fingerprint density at radius 2 is 2.35 bits per heavy atom. The summed E-state index contributed by atoms with van der Waals surface area (Å²) < 4.78 is 5.53. The van der Waals surface area contributed by atoms with E-state index in [-0.39, 0.29) is 18.8 Å². The van der Waals surface area contributed by atoms with E-state index in [1.54, 1.807) is 0 Å². The first-order valence-corrected chi connectivity index (χ1v) is 5.97. The molecule has 0 spiro atoms. The number of aliphatic hydroxyl groups excluding tert-OH is 1. The van der Waals surface area contributed by atoms with Gasteiger partial charge in [0, 0.05) is 13.7 Å². The van der Waals surface area contributed by atoms with E-state index < -0.39 is 0 Å². The molecule has 2 rings (SSSR count). The zero-order valence-corrected chi connectivity index (χ0v) is 10.7. The Kier molecular flexibility index (Phi) is 3.81. The van der Waals surface area contributed by atoms with Gasteiger partial charge in [0.25, 0.3) is 0 Å². The van der Waals surface area contributed by atoms with Crippen molar-refractivity contribution < 1.29 is 9.84 Å². The lowest BCUT2D eigenvalue weighted by Crippen LogP contribution is -2.38. The highest BCUT2D eigenvalue weighted by atomic mass is 35.5. The van der Waals surface area contributed by atoms with E-state index in [4.69, 9.17) is 16.3 Å². The van der Waals surface area contributed by atoms with Gasteiger partial charge >= 0.3 is 0 Å². The SMILES string of the molecule is CC1OCCC1N(C)c1ncnc(Cl)c1CO. The minimum absolute atomic E-state index is 0.153. The predicted molar refractivity (Wildman–Crippen MR) is 65.2 cm³/mol. The summed E-state index contributed by atoms with van der Waals surface area (Å²) in [7, 11) is 1.94. The molecule has 1 aliphatic rings. The van der Waals surface area contributed by atoms with Crippen LogP contribution in [0.5, 0.6) is 0 Å². The number of anilines is 1. The molecule has 0 bridgehead atoms. The van der Waals surface area contributed by atoms with Crippen molar-refractivity contribution in [2.45, 2.75) is 32.1 Å². The fourth-order valence-electron chi connectivity index (χ4n) is 2.21. The number of rotatable bonds is 3. The quantitative estimate of drug-likeness (QED) is 0.826. The average Bonchev–Trinajstić information content (AvgIpc) is 2.74. The molecule has 2 atom stereocenters. The fourth-order valence-corrected chi connectivity index (χ4v) is 2.40. The van der Waals surface area contributed by atoms with Gasteiger partial charge < -0.3 is 14.7 Å². The molecule has 2 heterocycles. The van der Waals surface area contributed by atoms with Gasteiger partial charge in [0.1, 0.15) is 17.3 Å². The Labute approximate surface area is 105 Å². The third kappa shape index (κ3) is 2.36. The topological polar surface area (TPSA) is 58.5 Å². The summed E-state index contributed by atoms with van der Waals surface area (Å²) in [6, 6.07) is 0.256. The van der Waals surface area contributed by atoms with Crippen LogP contribution in [-0.4, -0.2) is 40.9 Å². The van der Waals surface area contributed by atoms with E-state index in [1.165, 1.54) is 6.33 Å². The lowest BCUT2D eigenvalue weighted by molar-refractivity contribution is 0.118. The van der Waals surface area contributed by atoms with Gasteiger partial charge in [0.05, 0.1) is 24.3 Å². The van der Waals surface area contributed by atoms with Gasteiger partial charge in [-0.15, -0.1) is 0 Å². The molecule has 17 heavy (non-hydrogen) atoms. The predicted octanol–water partition coefficient (Wildman–Crippen LogP) is 1.24. The molecule has 5 nitrogen and oxygen atoms in total. The number of hydrogen-bond acceptors (Lipinski definition) is 5. The first-order chi connectivity index (χ1) is 8.15. The maximum Gasteiger partial charge on any atom is 0.140 e. The minimum Gasteiger partial charge on any atom is -0.391 e.